The van der Waals surface area contributed by atoms with Gasteiger partial charge in [-0.2, -0.15) is 0 Å². The number of aliphatic imine (C=N–C) groups is 1. The van der Waals surface area contributed by atoms with Crippen LogP contribution in [0.15, 0.2) is 70.6 Å². The van der Waals surface area contributed by atoms with Crippen LogP contribution >= 0.6 is 0 Å². The summed E-state index contributed by atoms with van der Waals surface area (Å²) in [5.74, 6) is -0.736. The van der Waals surface area contributed by atoms with E-state index in [2.05, 4.69) is 20.3 Å². The molecule has 0 spiro atoms. The van der Waals surface area contributed by atoms with Crippen molar-refractivity contribution < 1.29 is 14.7 Å². The number of aromatic amines is 1. The lowest BCUT2D eigenvalue weighted by molar-refractivity contribution is -0.112. The Bertz CT molecular complexity index is 1300. The zero-order valence-electron chi connectivity index (χ0n) is 18.1. The molecule has 9 heteroatoms. The van der Waals surface area contributed by atoms with Crippen LogP contribution in [-0.2, 0) is 4.79 Å². The molecule has 33 heavy (non-hydrogen) atoms. The van der Waals surface area contributed by atoms with Crippen LogP contribution < -0.4 is 15.9 Å². The fourth-order valence-corrected chi connectivity index (χ4v) is 4.00. The summed E-state index contributed by atoms with van der Waals surface area (Å²) in [5, 5.41) is 12.5. The minimum Gasteiger partial charge on any atom is -0.478 e. The highest BCUT2D eigenvalue weighted by Gasteiger charge is 2.37. The number of anilines is 2. The maximum absolute atomic E-state index is 13.4. The number of carboxylic acid groups (broad SMARTS) is 1. The second-order valence-corrected chi connectivity index (χ2v) is 7.93. The Morgan fingerprint density at radius 3 is 2.70 bits per heavy atom. The van der Waals surface area contributed by atoms with Crippen molar-refractivity contribution >= 4 is 34.8 Å². The van der Waals surface area contributed by atoms with Crippen molar-refractivity contribution in [1.82, 2.24) is 9.97 Å². The van der Waals surface area contributed by atoms with Crippen molar-refractivity contribution in [1.29, 1.82) is 0 Å². The molecule has 3 N–H and O–H groups in total. The van der Waals surface area contributed by atoms with Crippen LogP contribution in [0.4, 0.5) is 17.2 Å². The number of carbonyl (C=O) groups is 2. The molecule has 4 rings (SSSR count). The molecule has 0 aliphatic carbocycles. The van der Waals surface area contributed by atoms with E-state index in [0.717, 1.165) is 5.69 Å². The number of fused-ring (bicyclic) bond motifs is 1. The number of H-pyrrole nitrogens is 1. The molecule has 2 heterocycles. The van der Waals surface area contributed by atoms with Gasteiger partial charge in [-0.3, -0.25) is 9.78 Å². The van der Waals surface area contributed by atoms with Gasteiger partial charge in [0.05, 0.1) is 16.9 Å². The predicted octanol–water partition coefficient (Wildman–Crippen LogP) is 3.21. The van der Waals surface area contributed by atoms with Gasteiger partial charge in [0.15, 0.2) is 0 Å². The summed E-state index contributed by atoms with van der Waals surface area (Å²) in [6.45, 7) is 3.92. The summed E-state index contributed by atoms with van der Waals surface area (Å²) in [7, 11) is 0. The maximum atomic E-state index is 13.4. The Kier molecular flexibility index (Phi) is 6.03. The first-order valence-electron chi connectivity index (χ1n) is 10.5. The number of nitrogens with zero attached hydrogens (tertiary/aromatic N) is 3. The zero-order chi connectivity index (χ0) is 23.5. The third-order valence-corrected chi connectivity index (χ3v) is 5.39. The Hall–Kier alpha value is -4.27. The number of hydrogen-bond acceptors (Lipinski definition) is 6. The van der Waals surface area contributed by atoms with Crippen molar-refractivity contribution in [3.05, 3.63) is 82.4 Å². The first-order valence-corrected chi connectivity index (χ1v) is 10.5. The highest BCUT2D eigenvalue weighted by atomic mass is 16.4. The van der Waals surface area contributed by atoms with E-state index in [9.17, 15) is 19.5 Å². The van der Waals surface area contributed by atoms with Gasteiger partial charge in [0, 0.05) is 23.8 Å². The first-order chi connectivity index (χ1) is 15.8. The molecule has 1 aliphatic rings. The van der Waals surface area contributed by atoms with Crippen LogP contribution in [0.3, 0.4) is 0 Å². The highest BCUT2D eigenvalue weighted by molar-refractivity contribution is 6.54. The molecule has 0 bridgehead atoms. The third kappa shape index (κ3) is 4.67. The molecule has 0 fully saturated rings. The van der Waals surface area contributed by atoms with Crippen LogP contribution in [0, 0.1) is 0 Å². The Morgan fingerprint density at radius 1 is 1.15 bits per heavy atom. The summed E-state index contributed by atoms with van der Waals surface area (Å²) in [6.07, 6.45) is 2.03. The molecular formula is C24H23N5O4. The van der Waals surface area contributed by atoms with Gasteiger partial charge in [0.25, 0.3) is 5.91 Å². The van der Waals surface area contributed by atoms with Crippen molar-refractivity contribution in [3.8, 4) is 0 Å². The predicted molar refractivity (Wildman–Crippen MR) is 126 cm³/mol. The molecule has 9 nitrogen and oxygen atoms in total. The van der Waals surface area contributed by atoms with Gasteiger partial charge < -0.3 is 15.3 Å². The van der Waals surface area contributed by atoms with Crippen LogP contribution in [-0.4, -0.2) is 44.7 Å². The van der Waals surface area contributed by atoms with Gasteiger partial charge in [0.1, 0.15) is 11.5 Å². The van der Waals surface area contributed by atoms with E-state index in [-0.39, 0.29) is 29.3 Å². The summed E-state index contributed by atoms with van der Waals surface area (Å²) in [6, 6.07) is 15.1. The number of benzene rings is 2. The van der Waals surface area contributed by atoms with E-state index in [1.807, 2.05) is 38.1 Å². The van der Waals surface area contributed by atoms with Crippen molar-refractivity contribution in [2.75, 3.05) is 10.2 Å². The Labute approximate surface area is 189 Å². The van der Waals surface area contributed by atoms with Gasteiger partial charge in [-0.25, -0.2) is 19.6 Å². The lowest BCUT2D eigenvalue weighted by atomic mass is 10.1. The zero-order valence-corrected chi connectivity index (χ0v) is 18.1. The van der Waals surface area contributed by atoms with Crippen molar-refractivity contribution in [2.45, 2.75) is 32.4 Å². The number of aromatic nitrogens is 2. The molecule has 0 saturated carbocycles. The van der Waals surface area contributed by atoms with Gasteiger partial charge in [0.2, 0.25) is 0 Å². The normalized spacial score (nSPS) is 15.9. The molecule has 2 aromatic carbocycles. The van der Waals surface area contributed by atoms with Gasteiger partial charge in [-0.05, 0) is 50.6 Å². The minimum absolute atomic E-state index is 0.0498. The largest absolute Gasteiger partial charge is 0.478 e. The number of aromatic carboxylic acids is 1. The van der Waals surface area contributed by atoms with Gasteiger partial charge >= 0.3 is 11.7 Å². The topological polar surface area (TPSA) is 128 Å². The highest BCUT2D eigenvalue weighted by Crippen LogP contribution is 2.33. The Morgan fingerprint density at radius 2 is 1.94 bits per heavy atom. The third-order valence-electron chi connectivity index (χ3n) is 5.39. The number of carbonyl (C=O) groups excluding carboxylic acids is 1. The van der Waals surface area contributed by atoms with Gasteiger partial charge in [-0.15, -0.1) is 0 Å². The second-order valence-electron chi connectivity index (χ2n) is 7.93. The molecule has 1 aliphatic heterocycles. The number of nitrogens with one attached hydrogen (secondary N) is 2. The van der Waals surface area contributed by atoms with Crippen molar-refractivity contribution in [3.63, 3.8) is 0 Å². The number of para-hydroxylation sites is 1. The molecule has 1 amide bonds. The molecule has 2 unspecified atom stereocenters. The van der Waals surface area contributed by atoms with E-state index < -0.39 is 11.7 Å². The lowest BCUT2D eigenvalue weighted by Gasteiger charge is -2.28. The second kappa shape index (κ2) is 9.07. The quantitative estimate of drug-likeness (QED) is 0.512. The van der Waals surface area contributed by atoms with E-state index in [0.29, 0.717) is 23.5 Å². The summed E-state index contributed by atoms with van der Waals surface area (Å²) in [4.78, 5) is 48.6. The fraction of sp³-hybridized carbons (Fsp3) is 0.208. The SMILES string of the molecule is CC(CC(C)N1C(=O)C(=Nc2cccc(C(=O)O)c2)c2ccccc21)Nc1ccnc(=O)[nH]1. The Balaban J connectivity index is 1.59. The molecule has 1 aromatic heterocycles. The summed E-state index contributed by atoms with van der Waals surface area (Å²) in [5.41, 5.74) is 1.81. The van der Waals surface area contributed by atoms with Gasteiger partial charge in [-0.1, -0.05) is 24.3 Å². The molecule has 0 saturated heterocycles. The lowest BCUT2D eigenvalue weighted by Crippen LogP contribution is -2.40. The number of amides is 1. The standard InChI is InChI=1S/C24H23N5O4/c1-14(26-20-10-11-25-24(33)28-20)12-15(2)29-19-9-4-3-8-18(19)21(22(29)30)27-17-7-5-6-16(13-17)23(31)32/h3-11,13-15H,12H2,1-2H3,(H,31,32)(H2,25,26,28,33). The van der Waals surface area contributed by atoms with Crippen LogP contribution in [0.1, 0.15) is 36.2 Å². The molecule has 3 aromatic rings. The molecular weight excluding hydrogens is 422 g/mol. The van der Waals surface area contributed by atoms with E-state index in [1.54, 1.807) is 23.1 Å². The average molecular weight is 445 g/mol. The number of rotatable bonds is 7. The number of carboxylic acids is 1. The monoisotopic (exact) mass is 445 g/mol. The van der Waals surface area contributed by atoms with Crippen molar-refractivity contribution in [2.24, 2.45) is 4.99 Å². The minimum atomic E-state index is -1.05. The van der Waals surface area contributed by atoms with E-state index in [4.69, 9.17) is 0 Å². The maximum Gasteiger partial charge on any atom is 0.346 e. The van der Waals surface area contributed by atoms with Crippen LogP contribution in [0.2, 0.25) is 0 Å². The number of hydrogen-bond donors (Lipinski definition) is 3. The van der Waals surface area contributed by atoms with E-state index >= 15 is 0 Å². The summed E-state index contributed by atoms with van der Waals surface area (Å²) < 4.78 is 0. The summed E-state index contributed by atoms with van der Waals surface area (Å²) >= 11 is 0. The van der Waals surface area contributed by atoms with Crippen LogP contribution in [0.25, 0.3) is 0 Å². The first kappa shape index (κ1) is 21.9. The fourth-order valence-electron chi connectivity index (χ4n) is 4.00. The van der Waals surface area contributed by atoms with E-state index in [1.165, 1.54) is 18.3 Å². The smallest absolute Gasteiger partial charge is 0.346 e. The average Bonchev–Trinajstić information content (AvgIpc) is 3.05. The molecule has 168 valence electrons. The molecule has 0 radical (unpaired) electrons. The molecule has 2 atom stereocenters. The van der Waals surface area contributed by atoms with Crippen LogP contribution in [0.5, 0.6) is 0 Å².